The summed E-state index contributed by atoms with van der Waals surface area (Å²) in [4.78, 5) is 4.14. The first kappa shape index (κ1) is 6.97. The van der Waals surface area contributed by atoms with Gasteiger partial charge < -0.3 is 15.5 Å². The third kappa shape index (κ3) is 0.972. The number of nitrogen functional groups attached to an aromatic ring is 1. The topological polar surface area (TPSA) is 64.1 Å². The lowest BCUT2D eigenvalue weighted by atomic mass is 10.3. The summed E-state index contributed by atoms with van der Waals surface area (Å²) in [5, 5.41) is 2.82. The van der Waals surface area contributed by atoms with Gasteiger partial charge in [-0.05, 0) is 12.1 Å². The van der Waals surface area contributed by atoms with Gasteiger partial charge in [0.2, 0.25) is 0 Å². The molecule has 0 radical (unpaired) electrons. The number of benzene rings is 1. The number of oxazole rings is 1. The Kier molecular flexibility index (Phi) is 1.40. The Morgan fingerprint density at radius 3 is 3.08 bits per heavy atom. The molecular weight excluding hydrogens is 154 g/mol. The fourth-order valence-electron chi connectivity index (χ4n) is 1.05. The van der Waals surface area contributed by atoms with Crippen LogP contribution in [0.15, 0.2) is 22.6 Å². The first-order chi connectivity index (χ1) is 5.79. The second-order valence-corrected chi connectivity index (χ2v) is 2.50. The molecule has 1 aromatic heterocycles. The summed E-state index contributed by atoms with van der Waals surface area (Å²) in [6.07, 6.45) is 0. The van der Waals surface area contributed by atoms with E-state index in [1.54, 1.807) is 19.2 Å². The van der Waals surface area contributed by atoms with Crippen molar-refractivity contribution in [3.8, 4) is 0 Å². The molecule has 1 heterocycles. The minimum atomic E-state index is 0.510. The minimum absolute atomic E-state index is 0.510. The molecule has 0 aliphatic carbocycles. The van der Waals surface area contributed by atoms with Gasteiger partial charge >= 0.3 is 0 Å². The molecule has 4 heteroatoms. The number of aromatic nitrogens is 1. The van der Waals surface area contributed by atoms with Crippen molar-refractivity contribution in [2.75, 3.05) is 18.1 Å². The van der Waals surface area contributed by atoms with Crippen molar-refractivity contribution >= 4 is 22.8 Å². The van der Waals surface area contributed by atoms with Crippen molar-refractivity contribution in [3.05, 3.63) is 18.2 Å². The van der Waals surface area contributed by atoms with Crippen LogP contribution in [-0.4, -0.2) is 12.0 Å². The van der Waals surface area contributed by atoms with Gasteiger partial charge in [0.15, 0.2) is 5.58 Å². The normalized spacial score (nSPS) is 10.4. The molecule has 0 atom stereocenters. The largest absolute Gasteiger partial charge is 0.423 e. The van der Waals surface area contributed by atoms with E-state index < -0.39 is 0 Å². The van der Waals surface area contributed by atoms with Gasteiger partial charge in [0.1, 0.15) is 5.52 Å². The van der Waals surface area contributed by atoms with Gasteiger partial charge in [0, 0.05) is 18.8 Å². The summed E-state index contributed by atoms with van der Waals surface area (Å²) in [5.74, 6) is 0. The average molecular weight is 163 g/mol. The lowest BCUT2D eigenvalue weighted by Crippen LogP contribution is -1.85. The highest BCUT2D eigenvalue weighted by molar-refractivity contribution is 5.77. The Bertz CT molecular complexity index is 408. The molecule has 0 spiro atoms. The van der Waals surface area contributed by atoms with E-state index >= 15 is 0 Å². The fraction of sp³-hybridized carbons (Fsp3) is 0.125. The monoisotopic (exact) mass is 163 g/mol. The van der Waals surface area contributed by atoms with E-state index in [1.807, 2.05) is 6.07 Å². The number of nitrogens with one attached hydrogen (secondary N) is 1. The highest BCUT2D eigenvalue weighted by atomic mass is 16.4. The van der Waals surface area contributed by atoms with Crippen LogP contribution in [0.3, 0.4) is 0 Å². The van der Waals surface area contributed by atoms with Gasteiger partial charge in [0.25, 0.3) is 6.01 Å². The number of hydrogen-bond acceptors (Lipinski definition) is 4. The third-order valence-corrected chi connectivity index (χ3v) is 1.63. The summed E-state index contributed by atoms with van der Waals surface area (Å²) in [6, 6.07) is 5.89. The molecule has 0 bridgehead atoms. The molecule has 0 saturated heterocycles. The summed E-state index contributed by atoms with van der Waals surface area (Å²) in [6.45, 7) is 0. The van der Waals surface area contributed by atoms with Gasteiger partial charge in [-0.2, -0.15) is 4.98 Å². The maximum Gasteiger partial charge on any atom is 0.295 e. The van der Waals surface area contributed by atoms with E-state index in [9.17, 15) is 0 Å². The summed E-state index contributed by atoms with van der Waals surface area (Å²) >= 11 is 0. The molecule has 12 heavy (non-hydrogen) atoms. The Balaban J connectivity index is 2.67. The highest BCUT2D eigenvalue weighted by Crippen LogP contribution is 2.20. The van der Waals surface area contributed by atoms with Crippen molar-refractivity contribution in [3.63, 3.8) is 0 Å². The van der Waals surface area contributed by atoms with Crippen molar-refractivity contribution < 1.29 is 4.42 Å². The number of anilines is 2. The maximum atomic E-state index is 5.57. The molecule has 62 valence electrons. The molecule has 3 N–H and O–H groups in total. The SMILES string of the molecule is CNc1nc2ccc(N)cc2o1. The standard InChI is InChI=1S/C8H9N3O/c1-10-8-11-6-3-2-5(9)4-7(6)12-8/h2-4H,9H2,1H3,(H,10,11). The summed E-state index contributed by atoms with van der Waals surface area (Å²) < 4.78 is 5.30. The predicted molar refractivity (Wildman–Crippen MR) is 48.0 cm³/mol. The predicted octanol–water partition coefficient (Wildman–Crippen LogP) is 1.45. The van der Waals surface area contributed by atoms with Gasteiger partial charge in [-0.15, -0.1) is 0 Å². The van der Waals surface area contributed by atoms with Gasteiger partial charge in [0.05, 0.1) is 0 Å². The lowest BCUT2D eigenvalue weighted by molar-refractivity contribution is 0.620. The maximum absolute atomic E-state index is 5.57. The van der Waals surface area contributed by atoms with Crippen molar-refractivity contribution in [1.82, 2.24) is 4.98 Å². The van der Waals surface area contributed by atoms with E-state index in [0.29, 0.717) is 17.3 Å². The fourth-order valence-corrected chi connectivity index (χ4v) is 1.05. The van der Waals surface area contributed by atoms with E-state index in [0.717, 1.165) is 5.52 Å². The molecule has 0 aliphatic rings. The number of fused-ring (bicyclic) bond motifs is 1. The van der Waals surface area contributed by atoms with Crippen LogP contribution in [-0.2, 0) is 0 Å². The highest BCUT2D eigenvalue weighted by Gasteiger charge is 2.02. The number of hydrogen-bond donors (Lipinski definition) is 2. The first-order valence-electron chi connectivity index (χ1n) is 3.63. The molecule has 0 saturated carbocycles. The van der Waals surface area contributed by atoms with Crippen molar-refractivity contribution in [1.29, 1.82) is 0 Å². The van der Waals surface area contributed by atoms with Crippen LogP contribution in [0.5, 0.6) is 0 Å². The molecule has 2 rings (SSSR count). The number of nitrogens with zero attached hydrogens (tertiary/aromatic N) is 1. The molecule has 0 unspecified atom stereocenters. The van der Waals surface area contributed by atoms with Crippen LogP contribution < -0.4 is 11.1 Å². The molecule has 4 nitrogen and oxygen atoms in total. The van der Waals surface area contributed by atoms with E-state index in [1.165, 1.54) is 0 Å². The van der Waals surface area contributed by atoms with Crippen LogP contribution in [0.1, 0.15) is 0 Å². The van der Waals surface area contributed by atoms with Gasteiger partial charge in [-0.3, -0.25) is 0 Å². The smallest absolute Gasteiger partial charge is 0.295 e. The Morgan fingerprint density at radius 2 is 2.33 bits per heavy atom. The minimum Gasteiger partial charge on any atom is -0.423 e. The second-order valence-electron chi connectivity index (χ2n) is 2.50. The molecule has 2 aromatic rings. The molecule has 0 fully saturated rings. The summed E-state index contributed by atoms with van der Waals surface area (Å²) in [7, 11) is 1.76. The first-order valence-corrected chi connectivity index (χ1v) is 3.63. The van der Waals surface area contributed by atoms with Crippen LogP contribution in [0.2, 0.25) is 0 Å². The third-order valence-electron chi connectivity index (χ3n) is 1.63. The van der Waals surface area contributed by atoms with Crippen LogP contribution >= 0.6 is 0 Å². The van der Waals surface area contributed by atoms with Crippen molar-refractivity contribution in [2.24, 2.45) is 0 Å². The molecule has 0 aliphatic heterocycles. The number of rotatable bonds is 1. The lowest BCUT2D eigenvalue weighted by Gasteiger charge is -1.88. The Hall–Kier alpha value is -1.71. The van der Waals surface area contributed by atoms with E-state index in [4.69, 9.17) is 10.2 Å². The summed E-state index contributed by atoms with van der Waals surface area (Å²) in [5.41, 5.74) is 7.77. The van der Waals surface area contributed by atoms with Crippen LogP contribution in [0.4, 0.5) is 11.7 Å². The zero-order valence-corrected chi connectivity index (χ0v) is 6.66. The zero-order chi connectivity index (χ0) is 8.55. The van der Waals surface area contributed by atoms with Crippen LogP contribution in [0.25, 0.3) is 11.1 Å². The number of nitrogens with two attached hydrogens (primary N) is 1. The second kappa shape index (κ2) is 2.41. The Labute approximate surface area is 69.4 Å². The molecule has 1 aromatic carbocycles. The quantitative estimate of drug-likeness (QED) is 0.624. The molecule has 0 amide bonds. The average Bonchev–Trinajstić information content (AvgIpc) is 2.46. The zero-order valence-electron chi connectivity index (χ0n) is 6.66. The Morgan fingerprint density at radius 1 is 1.50 bits per heavy atom. The van der Waals surface area contributed by atoms with E-state index in [2.05, 4.69) is 10.3 Å². The van der Waals surface area contributed by atoms with Crippen molar-refractivity contribution in [2.45, 2.75) is 0 Å². The van der Waals surface area contributed by atoms with Gasteiger partial charge in [-0.25, -0.2) is 0 Å². The van der Waals surface area contributed by atoms with Crippen LogP contribution in [0, 0.1) is 0 Å². The molecular formula is C8H9N3O. The van der Waals surface area contributed by atoms with E-state index in [-0.39, 0.29) is 0 Å². The van der Waals surface area contributed by atoms with Gasteiger partial charge in [-0.1, -0.05) is 0 Å².